The third-order valence-corrected chi connectivity index (χ3v) is 5.08. The number of hydrogen-bond donors (Lipinski definition) is 2. The van der Waals surface area contributed by atoms with Crippen molar-refractivity contribution in [3.05, 3.63) is 29.3 Å². The number of benzene rings is 1. The van der Waals surface area contributed by atoms with E-state index in [2.05, 4.69) is 15.6 Å². The van der Waals surface area contributed by atoms with Gasteiger partial charge in [0.15, 0.2) is 0 Å². The number of carbonyl (C=O) groups is 2. The first-order valence-corrected chi connectivity index (χ1v) is 9.96. The van der Waals surface area contributed by atoms with Crippen molar-refractivity contribution in [1.29, 1.82) is 0 Å². The maximum absolute atomic E-state index is 11.8. The zero-order chi connectivity index (χ0) is 18.3. The van der Waals surface area contributed by atoms with Crippen LogP contribution in [0.4, 0.5) is 4.79 Å². The molecule has 0 aliphatic heterocycles. The zero-order valence-corrected chi connectivity index (χ0v) is 16.3. The normalized spacial score (nSPS) is 11.3. The molecule has 2 rings (SSSR count). The number of hydrogen-bond acceptors (Lipinski definition) is 6. The Hall–Kier alpha value is -1.80. The fourth-order valence-electron chi connectivity index (χ4n) is 1.94. The molecule has 0 spiro atoms. The average molecular weight is 382 g/mol. The standard InChI is InChI=1S/C17H23N3O3S2/c1-17(2,3)23-16(22)19-9-8-18-14(21)10-24-11-15-20-12-6-4-5-7-13(12)25-15/h4-7H,8-11H2,1-3H3,(H,18,21)(H,19,22). The molecule has 1 aromatic carbocycles. The van der Waals surface area contributed by atoms with Crippen molar-refractivity contribution in [1.82, 2.24) is 15.6 Å². The number of thioether (sulfide) groups is 1. The van der Waals surface area contributed by atoms with Crippen molar-refractivity contribution in [2.24, 2.45) is 0 Å². The largest absolute Gasteiger partial charge is 0.444 e. The second-order valence-electron chi connectivity index (χ2n) is 6.35. The summed E-state index contributed by atoms with van der Waals surface area (Å²) < 4.78 is 6.27. The van der Waals surface area contributed by atoms with E-state index in [0.29, 0.717) is 24.6 Å². The lowest BCUT2D eigenvalue weighted by Crippen LogP contribution is -2.38. The summed E-state index contributed by atoms with van der Waals surface area (Å²) in [6.07, 6.45) is -0.480. The molecular weight excluding hydrogens is 358 g/mol. The third kappa shape index (κ3) is 7.31. The minimum atomic E-state index is -0.523. The Bertz CT molecular complexity index is 692. The van der Waals surface area contributed by atoms with E-state index in [1.54, 1.807) is 32.1 Å². The van der Waals surface area contributed by atoms with Gasteiger partial charge in [0, 0.05) is 18.8 Å². The lowest BCUT2D eigenvalue weighted by atomic mass is 10.2. The number of rotatable bonds is 7. The highest BCUT2D eigenvalue weighted by atomic mass is 32.2. The zero-order valence-electron chi connectivity index (χ0n) is 14.6. The van der Waals surface area contributed by atoms with Crippen molar-refractivity contribution in [3.63, 3.8) is 0 Å². The van der Waals surface area contributed by atoms with Crippen LogP contribution in [-0.2, 0) is 15.3 Å². The molecule has 0 unspecified atom stereocenters. The van der Waals surface area contributed by atoms with E-state index >= 15 is 0 Å². The number of amides is 2. The molecule has 0 aliphatic rings. The molecular formula is C17H23N3O3S2. The number of nitrogens with one attached hydrogen (secondary N) is 2. The first kappa shape index (κ1) is 19.5. The topological polar surface area (TPSA) is 80.3 Å². The van der Waals surface area contributed by atoms with Crippen molar-refractivity contribution in [3.8, 4) is 0 Å². The number of nitrogens with zero attached hydrogens (tertiary/aromatic N) is 1. The highest BCUT2D eigenvalue weighted by molar-refractivity contribution is 7.99. The molecule has 6 nitrogen and oxygen atoms in total. The molecule has 0 saturated heterocycles. The van der Waals surface area contributed by atoms with E-state index in [4.69, 9.17) is 4.74 Å². The molecule has 0 fully saturated rings. The van der Waals surface area contributed by atoms with Crippen molar-refractivity contribution < 1.29 is 14.3 Å². The summed E-state index contributed by atoms with van der Waals surface area (Å²) in [6.45, 7) is 6.12. The van der Waals surface area contributed by atoms with E-state index in [0.717, 1.165) is 15.2 Å². The Morgan fingerprint density at radius 1 is 1.20 bits per heavy atom. The van der Waals surface area contributed by atoms with E-state index in [9.17, 15) is 9.59 Å². The number of alkyl carbamates (subject to hydrolysis) is 1. The second-order valence-corrected chi connectivity index (χ2v) is 8.45. The number of carbonyl (C=O) groups excluding carboxylic acids is 2. The van der Waals surface area contributed by atoms with Crippen LogP contribution in [0.5, 0.6) is 0 Å². The van der Waals surface area contributed by atoms with E-state index in [1.807, 2.05) is 24.3 Å². The van der Waals surface area contributed by atoms with Crippen LogP contribution < -0.4 is 10.6 Å². The average Bonchev–Trinajstić information content (AvgIpc) is 2.92. The minimum Gasteiger partial charge on any atom is -0.444 e. The van der Waals surface area contributed by atoms with Crippen molar-refractivity contribution >= 4 is 45.3 Å². The van der Waals surface area contributed by atoms with E-state index in [-0.39, 0.29) is 5.91 Å². The van der Waals surface area contributed by atoms with Crippen molar-refractivity contribution in [2.75, 3.05) is 18.8 Å². The van der Waals surface area contributed by atoms with E-state index < -0.39 is 11.7 Å². The molecule has 8 heteroatoms. The molecule has 1 heterocycles. The van der Waals surface area contributed by atoms with Gasteiger partial charge in [-0.2, -0.15) is 0 Å². The number of ether oxygens (including phenoxy) is 1. The molecule has 2 amide bonds. The van der Waals surface area contributed by atoms with Gasteiger partial charge in [0.25, 0.3) is 0 Å². The van der Waals surface area contributed by atoms with Crippen molar-refractivity contribution in [2.45, 2.75) is 32.1 Å². The fourth-order valence-corrected chi connectivity index (χ4v) is 3.82. The van der Waals surface area contributed by atoms with Gasteiger partial charge in [-0.05, 0) is 32.9 Å². The quantitative estimate of drug-likeness (QED) is 0.720. The van der Waals surface area contributed by atoms with Crippen LogP contribution in [0.2, 0.25) is 0 Å². The van der Waals surface area contributed by atoms with E-state index in [1.165, 1.54) is 11.8 Å². The Kier molecular flexibility index (Phi) is 7.07. The summed E-state index contributed by atoms with van der Waals surface area (Å²) >= 11 is 3.18. The van der Waals surface area contributed by atoms with Crippen LogP contribution in [0.25, 0.3) is 10.2 Å². The van der Waals surface area contributed by atoms with Gasteiger partial charge in [0.1, 0.15) is 10.6 Å². The smallest absolute Gasteiger partial charge is 0.407 e. The van der Waals surface area contributed by atoms with Crippen LogP contribution in [-0.4, -0.2) is 41.4 Å². The molecule has 0 radical (unpaired) electrons. The number of aromatic nitrogens is 1. The Balaban J connectivity index is 1.59. The van der Waals surface area contributed by atoms with Gasteiger partial charge in [-0.15, -0.1) is 23.1 Å². The summed E-state index contributed by atoms with van der Waals surface area (Å²) in [4.78, 5) is 27.8. The van der Waals surface area contributed by atoms with Gasteiger partial charge in [-0.1, -0.05) is 12.1 Å². The third-order valence-electron chi connectivity index (χ3n) is 2.91. The van der Waals surface area contributed by atoms with Gasteiger partial charge in [0.2, 0.25) is 5.91 Å². The predicted molar refractivity (Wildman–Crippen MR) is 103 cm³/mol. The SMILES string of the molecule is CC(C)(C)OC(=O)NCCNC(=O)CSCc1nc2ccccc2s1. The van der Waals surface area contributed by atoms with Gasteiger partial charge < -0.3 is 15.4 Å². The maximum Gasteiger partial charge on any atom is 0.407 e. The highest BCUT2D eigenvalue weighted by Crippen LogP contribution is 2.24. The lowest BCUT2D eigenvalue weighted by Gasteiger charge is -2.19. The van der Waals surface area contributed by atoms with Crippen LogP contribution in [0.3, 0.4) is 0 Å². The minimum absolute atomic E-state index is 0.0582. The lowest BCUT2D eigenvalue weighted by molar-refractivity contribution is -0.118. The van der Waals surface area contributed by atoms with Crippen LogP contribution in [0.15, 0.2) is 24.3 Å². The molecule has 2 N–H and O–H groups in total. The molecule has 25 heavy (non-hydrogen) atoms. The molecule has 1 aromatic heterocycles. The number of para-hydroxylation sites is 1. The maximum atomic E-state index is 11.8. The number of thiazole rings is 1. The Labute approximate surface area is 155 Å². The second kappa shape index (κ2) is 9.05. The van der Waals surface area contributed by atoms with Crippen LogP contribution >= 0.6 is 23.1 Å². The Morgan fingerprint density at radius 3 is 2.64 bits per heavy atom. The summed E-state index contributed by atoms with van der Waals surface area (Å²) in [5.74, 6) is 1.02. The highest BCUT2D eigenvalue weighted by Gasteiger charge is 2.15. The van der Waals surface area contributed by atoms with Gasteiger partial charge in [-0.3, -0.25) is 4.79 Å². The van der Waals surface area contributed by atoms with Gasteiger partial charge in [-0.25, -0.2) is 9.78 Å². The summed E-state index contributed by atoms with van der Waals surface area (Å²) in [7, 11) is 0. The molecule has 136 valence electrons. The van der Waals surface area contributed by atoms with Crippen LogP contribution in [0.1, 0.15) is 25.8 Å². The molecule has 2 aromatic rings. The first-order chi connectivity index (χ1) is 11.8. The summed E-state index contributed by atoms with van der Waals surface area (Å²) in [6, 6.07) is 8.00. The monoisotopic (exact) mass is 381 g/mol. The molecule has 0 atom stereocenters. The van der Waals surface area contributed by atoms with Gasteiger partial charge >= 0.3 is 6.09 Å². The predicted octanol–water partition coefficient (Wildman–Crippen LogP) is 3.17. The fraction of sp³-hybridized carbons (Fsp3) is 0.471. The van der Waals surface area contributed by atoms with Gasteiger partial charge in [0.05, 0.1) is 16.0 Å². The number of fused-ring (bicyclic) bond motifs is 1. The summed E-state index contributed by atoms with van der Waals surface area (Å²) in [5, 5.41) is 6.39. The Morgan fingerprint density at radius 2 is 1.92 bits per heavy atom. The molecule has 0 saturated carbocycles. The summed E-state index contributed by atoms with van der Waals surface area (Å²) in [5.41, 5.74) is 0.477. The molecule has 0 bridgehead atoms. The van der Waals surface area contributed by atoms with Crippen LogP contribution in [0, 0.1) is 0 Å². The first-order valence-electron chi connectivity index (χ1n) is 7.99. The molecule has 0 aliphatic carbocycles.